The smallest absolute Gasteiger partial charge is 0.227 e. The lowest BCUT2D eigenvalue weighted by atomic mass is 10.2. The molecule has 1 aromatic rings. The van der Waals surface area contributed by atoms with Crippen molar-refractivity contribution in [2.45, 2.75) is 0 Å². The molecule has 0 aromatic carbocycles. The summed E-state index contributed by atoms with van der Waals surface area (Å²) in [5.74, 6) is -0.150. The summed E-state index contributed by atoms with van der Waals surface area (Å²) < 4.78 is 0. The van der Waals surface area contributed by atoms with Gasteiger partial charge in [0, 0.05) is 0 Å². The summed E-state index contributed by atoms with van der Waals surface area (Å²) in [6.45, 7) is 0. The molecule has 0 unspecified atom stereocenters. The van der Waals surface area contributed by atoms with Crippen LogP contribution in [0, 0.1) is 6.42 Å². The summed E-state index contributed by atoms with van der Waals surface area (Å²) in [6, 6.07) is 5.00. The molecule has 0 aliphatic carbocycles. The van der Waals surface area contributed by atoms with Gasteiger partial charge in [0.1, 0.15) is 5.82 Å². The summed E-state index contributed by atoms with van der Waals surface area (Å²) in [5.41, 5.74) is 10.7. The predicted octanol–water partition coefficient (Wildman–Crippen LogP) is -0.299. The molecule has 4 nitrogen and oxygen atoms in total. The molecular weight excluding hydrogens is 142 g/mol. The lowest BCUT2D eigenvalue weighted by Gasteiger charge is -1.96. The second kappa shape index (κ2) is 3.01. The lowest BCUT2D eigenvalue weighted by Crippen LogP contribution is -2.12. The fourth-order valence-corrected chi connectivity index (χ4v) is 0.695. The van der Waals surface area contributed by atoms with Crippen molar-refractivity contribution < 1.29 is 4.79 Å². The van der Waals surface area contributed by atoms with E-state index < -0.39 is 5.91 Å². The van der Waals surface area contributed by atoms with Crippen LogP contribution < -0.4 is 11.5 Å². The van der Waals surface area contributed by atoms with E-state index in [0.717, 1.165) is 0 Å². The van der Waals surface area contributed by atoms with Gasteiger partial charge >= 0.3 is 0 Å². The third-order valence-corrected chi connectivity index (χ3v) is 1.08. The van der Waals surface area contributed by atoms with Gasteiger partial charge in [0.05, 0.1) is 12.1 Å². The minimum atomic E-state index is -0.525. The second-order valence-corrected chi connectivity index (χ2v) is 2.03. The molecular formula is C7H8N3O. The highest BCUT2D eigenvalue weighted by Crippen LogP contribution is 2.01. The Labute approximate surface area is 64.2 Å². The van der Waals surface area contributed by atoms with Crippen molar-refractivity contribution in [1.29, 1.82) is 0 Å². The second-order valence-electron chi connectivity index (χ2n) is 2.03. The largest absolute Gasteiger partial charge is 0.384 e. The number of nitrogens with two attached hydrogens (primary N) is 2. The van der Waals surface area contributed by atoms with Crippen molar-refractivity contribution in [2.75, 3.05) is 5.73 Å². The molecule has 0 atom stereocenters. The van der Waals surface area contributed by atoms with Gasteiger partial charge in [-0.05, 0) is 12.1 Å². The molecule has 4 heteroatoms. The van der Waals surface area contributed by atoms with E-state index in [1.54, 1.807) is 18.2 Å². The summed E-state index contributed by atoms with van der Waals surface area (Å²) in [6.07, 6.45) is 1.22. The molecule has 0 bridgehead atoms. The third-order valence-electron chi connectivity index (χ3n) is 1.08. The van der Waals surface area contributed by atoms with Gasteiger partial charge in [-0.15, -0.1) is 0 Å². The summed E-state index contributed by atoms with van der Waals surface area (Å²) in [7, 11) is 0. The molecule has 0 saturated carbocycles. The van der Waals surface area contributed by atoms with Gasteiger partial charge < -0.3 is 11.5 Å². The predicted molar refractivity (Wildman–Crippen MR) is 41.2 cm³/mol. The van der Waals surface area contributed by atoms with Crippen molar-refractivity contribution in [3.63, 3.8) is 0 Å². The van der Waals surface area contributed by atoms with Crippen LogP contribution >= 0.6 is 0 Å². The van der Waals surface area contributed by atoms with Gasteiger partial charge in [-0.2, -0.15) is 0 Å². The Kier molecular flexibility index (Phi) is 2.06. The average Bonchev–Trinajstić information content (AvgIpc) is 1.85. The number of hydrogen-bond acceptors (Lipinski definition) is 3. The first-order valence-electron chi connectivity index (χ1n) is 3.05. The molecule has 0 fully saturated rings. The van der Waals surface area contributed by atoms with Gasteiger partial charge in [0.25, 0.3) is 0 Å². The third kappa shape index (κ3) is 2.25. The summed E-state index contributed by atoms with van der Waals surface area (Å²) in [5, 5.41) is 0. The van der Waals surface area contributed by atoms with Crippen LogP contribution in [0.15, 0.2) is 18.2 Å². The Morgan fingerprint density at radius 1 is 1.55 bits per heavy atom. The van der Waals surface area contributed by atoms with Crippen molar-refractivity contribution in [1.82, 2.24) is 4.98 Å². The SMILES string of the molecule is NC(=O)[CH]c1cccc(N)n1. The fraction of sp³-hybridized carbons (Fsp3) is 0. The fourth-order valence-electron chi connectivity index (χ4n) is 0.695. The highest BCUT2D eigenvalue weighted by molar-refractivity contribution is 5.86. The van der Waals surface area contributed by atoms with Crippen molar-refractivity contribution in [3.05, 3.63) is 30.3 Å². The number of nitrogen functional groups attached to an aromatic ring is 1. The lowest BCUT2D eigenvalue weighted by molar-refractivity contribution is -0.114. The maximum Gasteiger partial charge on any atom is 0.227 e. The topological polar surface area (TPSA) is 82.0 Å². The normalized spacial score (nSPS) is 9.45. The Morgan fingerprint density at radius 3 is 2.82 bits per heavy atom. The molecule has 1 aromatic heterocycles. The van der Waals surface area contributed by atoms with Crippen LogP contribution in [0.25, 0.3) is 0 Å². The number of carbonyl (C=O) groups is 1. The number of anilines is 1. The maximum absolute atomic E-state index is 10.4. The number of primary amides is 1. The molecule has 1 heterocycles. The molecule has 1 rings (SSSR count). The molecule has 0 saturated heterocycles. The number of carbonyl (C=O) groups excluding carboxylic acids is 1. The van der Waals surface area contributed by atoms with E-state index in [1.165, 1.54) is 6.42 Å². The van der Waals surface area contributed by atoms with Gasteiger partial charge in [-0.3, -0.25) is 4.79 Å². The minimum absolute atomic E-state index is 0.375. The molecule has 11 heavy (non-hydrogen) atoms. The maximum atomic E-state index is 10.4. The zero-order valence-electron chi connectivity index (χ0n) is 5.82. The molecule has 4 N–H and O–H groups in total. The van der Waals surface area contributed by atoms with Crippen LogP contribution in [0.4, 0.5) is 5.82 Å². The average molecular weight is 150 g/mol. The van der Waals surface area contributed by atoms with E-state index in [0.29, 0.717) is 11.5 Å². The summed E-state index contributed by atoms with van der Waals surface area (Å²) in [4.78, 5) is 14.2. The number of nitrogens with zero attached hydrogens (tertiary/aromatic N) is 1. The van der Waals surface area contributed by atoms with E-state index >= 15 is 0 Å². The van der Waals surface area contributed by atoms with Crippen molar-refractivity contribution >= 4 is 11.7 Å². The van der Waals surface area contributed by atoms with Crippen LogP contribution in [0.1, 0.15) is 5.69 Å². The van der Waals surface area contributed by atoms with Crippen molar-refractivity contribution in [3.8, 4) is 0 Å². The van der Waals surface area contributed by atoms with Gasteiger partial charge in [0.15, 0.2) is 0 Å². The highest BCUT2D eigenvalue weighted by atomic mass is 16.1. The first-order chi connectivity index (χ1) is 5.18. The number of amides is 1. The zero-order chi connectivity index (χ0) is 8.27. The Morgan fingerprint density at radius 2 is 2.27 bits per heavy atom. The van der Waals surface area contributed by atoms with E-state index in [9.17, 15) is 4.79 Å². The molecule has 0 spiro atoms. The first-order valence-corrected chi connectivity index (χ1v) is 3.05. The number of pyridine rings is 1. The van der Waals surface area contributed by atoms with Gasteiger partial charge in [-0.25, -0.2) is 4.98 Å². The number of hydrogen-bond donors (Lipinski definition) is 2. The van der Waals surface area contributed by atoms with Crippen LogP contribution in [-0.2, 0) is 4.79 Å². The monoisotopic (exact) mass is 150 g/mol. The standard InChI is InChI=1S/C7H8N3O/c8-6-3-1-2-5(10-6)4-7(9)11/h1-4H,(H2,8,10)(H2,9,11). The Balaban J connectivity index is 2.79. The molecule has 1 radical (unpaired) electrons. The quantitative estimate of drug-likeness (QED) is 0.607. The molecule has 1 amide bonds. The van der Waals surface area contributed by atoms with Crippen molar-refractivity contribution in [2.24, 2.45) is 5.73 Å². The van der Waals surface area contributed by atoms with Crippen LogP contribution in [0.2, 0.25) is 0 Å². The van der Waals surface area contributed by atoms with Crippen LogP contribution in [0.3, 0.4) is 0 Å². The van der Waals surface area contributed by atoms with Crippen LogP contribution in [0.5, 0.6) is 0 Å². The Hall–Kier alpha value is -1.58. The zero-order valence-corrected chi connectivity index (χ0v) is 5.82. The number of aromatic nitrogens is 1. The number of rotatable bonds is 2. The summed E-state index contributed by atoms with van der Waals surface area (Å²) >= 11 is 0. The van der Waals surface area contributed by atoms with E-state index in [1.807, 2.05) is 0 Å². The van der Waals surface area contributed by atoms with Gasteiger partial charge in [-0.1, -0.05) is 6.07 Å². The van der Waals surface area contributed by atoms with Gasteiger partial charge in [0.2, 0.25) is 5.91 Å². The minimum Gasteiger partial charge on any atom is -0.384 e. The van der Waals surface area contributed by atoms with E-state index in [4.69, 9.17) is 11.5 Å². The molecule has 0 aliphatic heterocycles. The highest BCUT2D eigenvalue weighted by Gasteiger charge is 1.99. The molecule has 57 valence electrons. The van der Waals surface area contributed by atoms with Crippen LogP contribution in [-0.4, -0.2) is 10.9 Å². The van der Waals surface area contributed by atoms with E-state index in [-0.39, 0.29) is 0 Å². The Bertz CT molecular complexity index is 272. The van der Waals surface area contributed by atoms with E-state index in [2.05, 4.69) is 4.98 Å². The first kappa shape index (κ1) is 7.53. The molecule has 0 aliphatic rings.